The monoisotopic (exact) mass is 336 g/mol. The van der Waals surface area contributed by atoms with Crippen LogP contribution in [0, 0.1) is 0 Å². The maximum Gasteiger partial charge on any atom is 0.226 e. The molecule has 0 atom stereocenters. The van der Waals surface area contributed by atoms with Crippen LogP contribution in [-0.4, -0.2) is 28.1 Å². The van der Waals surface area contributed by atoms with Gasteiger partial charge in [0.15, 0.2) is 0 Å². The van der Waals surface area contributed by atoms with Gasteiger partial charge in [0.2, 0.25) is 5.91 Å². The molecule has 0 bridgehead atoms. The Kier molecular flexibility index (Phi) is 4.90. The predicted octanol–water partition coefficient (Wildman–Crippen LogP) is 3.23. The lowest BCUT2D eigenvalue weighted by Gasteiger charge is -2.32. The Bertz CT molecular complexity index is 616. The summed E-state index contributed by atoms with van der Waals surface area (Å²) in [7, 11) is 0. The summed E-state index contributed by atoms with van der Waals surface area (Å²) in [5.74, 6) is -0.0676. The Morgan fingerprint density at radius 2 is 2.14 bits per heavy atom. The highest BCUT2D eigenvalue weighted by Gasteiger charge is 2.29. The number of carbonyl (C=O) groups is 1. The summed E-state index contributed by atoms with van der Waals surface area (Å²) in [5.41, 5.74) is 0.0829. The van der Waals surface area contributed by atoms with Gasteiger partial charge in [0.05, 0.1) is 22.6 Å². The van der Waals surface area contributed by atoms with Gasteiger partial charge in [-0.2, -0.15) is 0 Å². The van der Waals surface area contributed by atoms with E-state index in [0.717, 1.165) is 41.3 Å². The van der Waals surface area contributed by atoms with Gasteiger partial charge >= 0.3 is 0 Å². The van der Waals surface area contributed by atoms with Crippen LogP contribution in [0.2, 0.25) is 0 Å². The molecule has 4 nitrogen and oxygen atoms in total. The lowest BCUT2D eigenvalue weighted by atomic mass is 9.85. The van der Waals surface area contributed by atoms with Crippen molar-refractivity contribution in [2.24, 2.45) is 0 Å². The van der Waals surface area contributed by atoms with Crippen molar-refractivity contribution in [3.8, 4) is 9.88 Å². The Morgan fingerprint density at radius 1 is 1.32 bits per heavy atom. The molecular formula is C16H20N2O2S2. The fraction of sp³-hybridized carbons (Fsp3) is 0.500. The maximum atomic E-state index is 12.0. The molecule has 2 heterocycles. The van der Waals surface area contributed by atoms with E-state index in [1.807, 2.05) is 22.9 Å². The molecule has 1 fully saturated rings. The van der Waals surface area contributed by atoms with Crippen molar-refractivity contribution >= 4 is 28.6 Å². The van der Waals surface area contributed by atoms with Gasteiger partial charge in [0, 0.05) is 11.9 Å². The molecule has 0 radical (unpaired) electrons. The second-order valence-electron chi connectivity index (χ2n) is 5.86. The highest BCUT2D eigenvalue weighted by molar-refractivity contribution is 7.20. The van der Waals surface area contributed by atoms with Crippen LogP contribution in [0.15, 0.2) is 22.9 Å². The van der Waals surface area contributed by atoms with Gasteiger partial charge in [-0.15, -0.1) is 22.7 Å². The van der Waals surface area contributed by atoms with Crippen molar-refractivity contribution in [1.82, 2.24) is 10.3 Å². The van der Waals surface area contributed by atoms with Gasteiger partial charge < -0.3 is 10.4 Å². The number of aromatic nitrogens is 1. The van der Waals surface area contributed by atoms with E-state index in [1.54, 1.807) is 22.7 Å². The number of thiophene rings is 1. The van der Waals surface area contributed by atoms with Crippen LogP contribution in [0.25, 0.3) is 9.88 Å². The fourth-order valence-corrected chi connectivity index (χ4v) is 4.41. The molecule has 2 N–H and O–H groups in total. The molecule has 1 saturated carbocycles. The highest BCUT2D eigenvalue weighted by Crippen LogP contribution is 2.28. The van der Waals surface area contributed by atoms with Crippen LogP contribution >= 0.6 is 22.7 Å². The lowest BCUT2D eigenvalue weighted by molar-refractivity contribution is -0.122. The average molecular weight is 336 g/mol. The second-order valence-corrected chi connectivity index (χ2v) is 7.67. The fourth-order valence-electron chi connectivity index (χ4n) is 2.78. The Balaban J connectivity index is 1.51. The molecular weight excluding hydrogens is 316 g/mol. The molecule has 0 aliphatic heterocycles. The van der Waals surface area contributed by atoms with Gasteiger partial charge in [-0.05, 0) is 24.3 Å². The van der Waals surface area contributed by atoms with Crippen molar-refractivity contribution in [3.05, 3.63) is 28.6 Å². The molecule has 1 amide bonds. The zero-order chi connectivity index (χ0) is 15.4. The van der Waals surface area contributed by atoms with E-state index in [2.05, 4.69) is 10.3 Å². The van der Waals surface area contributed by atoms with E-state index in [1.165, 1.54) is 6.42 Å². The smallest absolute Gasteiger partial charge is 0.226 e. The van der Waals surface area contributed by atoms with Crippen LogP contribution in [0.5, 0.6) is 0 Å². The average Bonchev–Trinajstić information content (AvgIpc) is 3.17. The van der Waals surface area contributed by atoms with E-state index < -0.39 is 5.60 Å². The molecule has 0 unspecified atom stereocenters. The number of carbonyl (C=O) groups excluding carboxylic acids is 1. The number of hydrogen-bond donors (Lipinski definition) is 2. The van der Waals surface area contributed by atoms with Crippen molar-refractivity contribution in [3.63, 3.8) is 0 Å². The van der Waals surface area contributed by atoms with Gasteiger partial charge in [-0.1, -0.05) is 25.3 Å². The summed E-state index contributed by atoms with van der Waals surface area (Å²) in [4.78, 5) is 17.7. The van der Waals surface area contributed by atoms with E-state index in [0.29, 0.717) is 6.54 Å². The number of thiazole rings is 1. The Morgan fingerprint density at radius 3 is 2.86 bits per heavy atom. The minimum absolute atomic E-state index is 0.0676. The predicted molar refractivity (Wildman–Crippen MR) is 90.2 cm³/mol. The third-order valence-corrected chi connectivity index (χ3v) is 5.95. The Hall–Kier alpha value is -1.24. The molecule has 118 valence electrons. The van der Waals surface area contributed by atoms with Gasteiger partial charge in [-0.3, -0.25) is 4.79 Å². The van der Waals surface area contributed by atoms with E-state index in [-0.39, 0.29) is 12.3 Å². The number of aliphatic hydroxyl groups is 1. The van der Waals surface area contributed by atoms with Crippen LogP contribution in [0.1, 0.15) is 37.8 Å². The van der Waals surface area contributed by atoms with Gasteiger partial charge in [0.1, 0.15) is 5.01 Å². The minimum Gasteiger partial charge on any atom is -0.388 e. The van der Waals surface area contributed by atoms with E-state index in [4.69, 9.17) is 0 Å². The first-order valence-corrected chi connectivity index (χ1v) is 9.38. The van der Waals surface area contributed by atoms with Gasteiger partial charge in [0.25, 0.3) is 0 Å². The lowest BCUT2D eigenvalue weighted by Crippen LogP contribution is -2.44. The maximum absolute atomic E-state index is 12.0. The molecule has 22 heavy (non-hydrogen) atoms. The summed E-state index contributed by atoms with van der Waals surface area (Å²) in [6.07, 6.45) is 5.11. The topological polar surface area (TPSA) is 62.2 Å². The number of amides is 1. The molecule has 3 rings (SSSR count). The number of hydrogen-bond acceptors (Lipinski definition) is 5. The number of nitrogens with zero attached hydrogens (tertiary/aromatic N) is 1. The van der Waals surface area contributed by atoms with E-state index in [9.17, 15) is 9.90 Å². The van der Waals surface area contributed by atoms with Gasteiger partial charge in [-0.25, -0.2) is 4.98 Å². The SMILES string of the molecule is O=C(Cc1csc(-c2cccs2)n1)NCC1(O)CCCCC1. The number of nitrogens with one attached hydrogen (secondary N) is 1. The van der Waals surface area contributed by atoms with Crippen molar-refractivity contribution < 1.29 is 9.90 Å². The van der Waals surface area contributed by atoms with Crippen molar-refractivity contribution in [2.75, 3.05) is 6.54 Å². The quantitative estimate of drug-likeness (QED) is 0.881. The van der Waals surface area contributed by atoms with Crippen LogP contribution in [-0.2, 0) is 11.2 Å². The molecule has 0 spiro atoms. The molecule has 1 aliphatic rings. The second kappa shape index (κ2) is 6.89. The molecule has 6 heteroatoms. The molecule has 1 aliphatic carbocycles. The first-order valence-electron chi connectivity index (χ1n) is 7.62. The Labute approximate surface area is 138 Å². The largest absolute Gasteiger partial charge is 0.388 e. The molecule has 0 saturated heterocycles. The summed E-state index contributed by atoms with van der Waals surface area (Å²) in [5, 5.41) is 18.2. The van der Waals surface area contributed by atoms with Crippen molar-refractivity contribution in [2.45, 2.75) is 44.1 Å². The van der Waals surface area contributed by atoms with Crippen LogP contribution < -0.4 is 5.32 Å². The standard InChI is InChI=1S/C16H20N2O2S2/c19-14(17-11-16(20)6-2-1-3-7-16)9-12-10-22-15(18-12)13-5-4-8-21-13/h4-5,8,10,20H,1-3,6-7,9,11H2,(H,17,19). The summed E-state index contributed by atoms with van der Waals surface area (Å²) in [6.45, 7) is 0.355. The zero-order valence-electron chi connectivity index (χ0n) is 12.4. The first-order chi connectivity index (χ1) is 10.6. The summed E-state index contributed by atoms with van der Waals surface area (Å²) < 4.78 is 0. The third kappa shape index (κ3) is 3.94. The minimum atomic E-state index is -0.710. The first kappa shape index (κ1) is 15.6. The van der Waals surface area contributed by atoms with E-state index >= 15 is 0 Å². The van der Waals surface area contributed by atoms with Crippen LogP contribution in [0.4, 0.5) is 0 Å². The van der Waals surface area contributed by atoms with Crippen LogP contribution in [0.3, 0.4) is 0 Å². The third-order valence-electron chi connectivity index (χ3n) is 4.02. The molecule has 0 aromatic carbocycles. The molecule has 2 aromatic heterocycles. The normalized spacial score (nSPS) is 17.3. The number of rotatable bonds is 5. The highest BCUT2D eigenvalue weighted by atomic mass is 32.1. The molecule has 2 aromatic rings. The summed E-state index contributed by atoms with van der Waals surface area (Å²) >= 11 is 3.22. The zero-order valence-corrected chi connectivity index (χ0v) is 14.0. The van der Waals surface area contributed by atoms with Crippen molar-refractivity contribution in [1.29, 1.82) is 0 Å². The summed E-state index contributed by atoms with van der Waals surface area (Å²) in [6, 6.07) is 4.03.